The van der Waals surface area contributed by atoms with Gasteiger partial charge in [0.1, 0.15) is 6.07 Å². The van der Waals surface area contributed by atoms with Crippen molar-refractivity contribution >= 4 is 0 Å². The Hall–Kier alpha value is -2.47. The summed E-state index contributed by atoms with van der Waals surface area (Å²) in [4.78, 5) is 0. The molecule has 0 atom stereocenters. The van der Waals surface area contributed by atoms with Gasteiger partial charge in [-0.3, -0.25) is 0 Å². The second-order valence-electron chi connectivity index (χ2n) is 4.48. The molecule has 96 valence electrons. The van der Waals surface area contributed by atoms with Gasteiger partial charge in [-0.2, -0.15) is 5.26 Å². The van der Waals surface area contributed by atoms with Gasteiger partial charge >= 0.3 is 0 Å². The van der Waals surface area contributed by atoms with Crippen LogP contribution < -0.4 is 4.74 Å². The van der Waals surface area contributed by atoms with Crippen molar-refractivity contribution in [3.8, 4) is 28.7 Å². The first-order valence-corrected chi connectivity index (χ1v) is 6.11. The number of nitrogens with zero attached hydrogens (tertiary/aromatic N) is 1. The highest BCUT2D eigenvalue weighted by Crippen LogP contribution is 2.39. The van der Waals surface area contributed by atoms with Gasteiger partial charge in [-0.15, -0.1) is 0 Å². The largest absolute Gasteiger partial charge is 0.504 e. The zero-order chi connectivity index (χ0) is 13.8. The Morgan fingerprint density at radius 1 is 1.11 bits per heavy atom. The molecule has 0 spiro atoms. The van der Waals surface area contributed by atoms with E-state index in [1.165, 1.54) is 0 Å². The second-order valence-corrected chi connectivity index (χ2v) is 4.48. The lowest BCUT2D eigenvalue weighted by atomic mass is 10.0. The number of phenolic OH excluding ortho intramolecular Hbond substituents is 1. The van der Waals surface area contributed by atoms with Crippen molar-refractivity contribution in [2.24, 2.45) is 0 Å². The van der Waals surface area contributed by atoms with Crippen LogP contribution >= 0.6 is 0 Å². The van der Waals surface area contributed by atoms with E-state index in [1.807, 2.05) is 50.2 Å². The van der Waals surface area contributed by atoms with E-state index in [0.29, 0.717) is 11.1 Å². The summed E-state index contributed by atoms with van der Waals surface area (Å²) in [5.74, 6) is 0.262. The van der Waals surface area contributed by atoms with Crippen molar-refractivity contribution in [2.45, 2.75) is 20.0 Å². The molecule has 0 radical (unpaired) electrons. The van der Waals surface area contributed by atoms with Crippen LogP contribution in [0.3, 0.4) is 0 Å². The van der Waals surface area contributed by atoms with Crippen LogP contribution in [0.1, 0.15) is 19.4 Å². The summed E-state index contributed by atoms with van der Waals surface area (Å²) in [5, 5.41) is 19.4. The molecule has 0 aliphatic rings. The molecule has 2 aromatic carbocycles. The number of hydrogen-bond acceptors (Lipinski definition) is 3. The second kappa shape index (κ2) is 5.45. The van der Waals surface area contributed by atoms with Crippen LogP contribution in [0.4, 0.5) is 0 Å². The number of aromatic hydroxyl groups is 1. The van der Waals surface area contributed by atoms with E-state index in [2.05, 4.69) is 0 Å². The number of benzene rings is 2. The first-order chi connectivity index (χ1) is 9.13. The topological polar surface area (TPSA) is 53.2 Å². The summed E-state index contributed by atoms with van der Waals surface area (Å²) < 4.78 is 5.56. The number of hydrogen-bond donors (Lipinski definition) is 1. The lowest BCUT2D eigenvalue weighted by Gasteiger charge is -2.15. The van der Waals surface area contributed by atoms with Crippen LogP contribution in [0.25, 0.3) is 11.1 Å². The number of ether oxygens (including phenoxy) is 1. The van der Waals surface area contributed by atoms with E-state index < -0.39 is 0 Å². The Morgan fingerprint density at radius 2 is 1.79 bits per heavy atom. The lowest BCUT2D eigenvalue weighted by Crippen LogP contribution is -2.07. The SMILES string of the molecule is CC(C)Oc1c(C#N)ccc(-c2ccccc2)c1O. The van der Waals surface area contributed by atoms with Gasteiger partial charge in [0.25, 0.3) is 0 Å². The molecule has 2 rings (SSSR count). The molecule has 0 saturated carbocycles. The molecular weight excluding hydrogens is 238 g/mol. The molecule has 0 saturated heterocycles. The van der Waals surface area contributed by atoms with Gasteiger partial charge in [-0.25, -0.2) is 0 Å². The van der Waals surface area contributed by atoms with Gasteiger partial charge < -0.3 is 9.84 Å². The van der Waals surface area contributed by atoms with Crippen LogP contribution in [0.15, 0.2) is 42.5 Å². The summed E-state index contributed by atoms with van der Waals surface area (Å²) in [7, 11) is 0. The molecule has 0 amide bonds. The first-order valence-electron chi connectivity index (χ1n) is 6.11. The standard InChI is InChI=1S/C16H15NO2/c1-11(2)19-16-13(10-17)8-9-14(15(16)18)12-6-4-3-5-7-12/h3-9,11,18H,1-2H3. The smallest absolute Gasteiger partial charge is 0.179 e. The van der Waals surface area contributed by atoms with Gasteiger partial charge in [-0.1, -0.05) is 30.3 Å². The van der Waals surface area contributed by atoms with Crippen molar-refractivity contribution in [1.82, 2.24) is 0 Å². The number of nitriles is 1. The van der Waals surface area contributed by atoms with E-state index >= 15 is 0 Å². The maximum absolute atomic E-state index is 10.3. The lowest BCUT2D eigenvalue weighted by molar-refractivity contribution is 0.231. The molecule has 0 unspecified atom stereocenters. The summed E-state index contributed by atoms with van der Waals surface area (Å²) >= 11 is 0. The first kappa shape index (κ1) is 13.0. The van der Waals surface area contributed by atoms with Crippen LogP contribution in [0.2, 0.25) is 0 Å². The van der Waals surface area contributed by atoms with Gasteiger partial charge in [-0.05, 0) is 31.5 Å². The van der Waals surface area contributed by atoms with Gasteiger partial charge in [0, 0.05) is 5.56 Å². The monoisotopic (exact) mass is 253 g/mol. The minimum Gasteiger partial charge on any atom is -0.504 e. The Kier molecular flexibility index (Phi) is 3.72. The highest BCUT2D eigenvalue weighted by Gasteiger charge is 2.16. The quantitative estimate of drug-likeness (QED) is 0.907. The number of phenols is 1. The van der Waals surface area contributed by atoms with Crippen molar-refractivity contribution in [2.75, 3.05) is 0 Å². The predicted octanol–water partition coefficient (Wildman–Crippen LogP) is 3.72. The van der Waals surface area contributed by atoms with Crippen molar-refractivity contribution in [1.29, 1.82) is 5.26 Å². The molecule has 0 aromatic heterocycles. The van der Waals surface area contributed by atoms with Crippen LogP contribution in [-0.4, -0.2) is 11.2 Å². The Morgan fingerprint density at radius 3 is 2.37 bits per heavy atom. The fourth-order valence-electron chi connectivity index (χ4n) is 1.86. The molecule has 0 fully saturated rings. The molecule has 0 aliphatic carbocycles. The Bertz CT molecular complexity index is 613. The minimum absolute atomic E-state index is 0.0129. The molecule has 2 aromatic rings. The maximum atomic E-state index is 10.3. The molecule has 3 heteroatoms. The van der Waals surface area contributed by atoms with Gasteiger partial charge in [0.15, 0.2) is 11.5 Å². The van der Waals surface area contributed by atoms with E-state index in [1.54, 1.807) is 12.1 Å². The third kappa shape index (κ3) is 2.69. The van der Waals surface area contributed by atoms with E-state index in [0.717, 1.165) is 5.56 Å². The molecule has 0 aliphatic heterocycles. The molecule has 19 heavy (non-hydrogen) atoms. The number of rotatable bonds is 3. The van der Waals surface area contributed by atoms with E-state index in [9.17, 15) is 5.11 Å². The average molecular weight is 253 g/mol. The highest BCUT2D eigenvalue weighted by atomic mass is 16.5. The van der Waals surface area contributed by atoms with Crippen LogP contribution in [-0.2, 0) is 0 Å². The molecule has 0 bridgehead atoms. The fourth-order valence-corrected chi connectivity index (χ4v) is 1.86. The summed E-state index contributed by atoms with van der Waals surface area (Å²) in [6, 6.07) is 15.0. The van der Waals surface area contributed by atoms with Crippen LogP contribution in [0, 0.1) is 11.3 Å². The normalized spacial score (nSPS) is 10.2. The Labute approximate surface area is 112 Å². The van der Waals surface area contributed by atoms with E-state index in [-0.39, 0.29) is 17.6 Å². The zero-order valence-corrected chi connectivity index (χ0v) is 10.9. The van der Waals surface area contributed by atoms with Crippen molar-refractivity contribution < 1.29 is 9.84 Å². The van der Waals surface area contributed by atoms with Gasteiger partial charge in [0.05, 0.1) is 11.7 Å². The highest BCUT2D eigenvalue weighted by molar-refractivity contribution is 5.75. The third-order valence-corrected chi connectivity index (χ3v) is 2.69. The molecular formula is C16H15NO2. The molecule has 0 heterocycles. The minimum atomic E-state index is -0.107. The van der Waals surface area contributed by atoms with Gasteiger partial charge in [0.2, 0.25) is 0 Å². The van der Waals surface area contributed by atoms with Crippen molar-refractivity contribution in [3.05, 3.63) is 48.0 Å². The van der Waals surface area contributed by atoms with Crippen LogP contribution in [0.5, 0.6) is 11.5 Å². The van der Waals surface area contributed by atoms with Crippen molar-refractivity contribution in [3.63, 3.8) is 0 Å². The molecule has 3 nitrogen and oxygen atoms in total. The predicted molar refractivity (Wildman–Crippen MR) is 74.0 cm³/mol. The summed E-state index contributed by atoms with van der Waals surface area (Å²) in [5.41, 5.74) is 1.89. The Balaban J connectivity index is 2.57. The summed E-state index contributed by atoms with van der Waals surface area (Å²) in [6.45, 7) is 3.71. The third-order valence-electron chi connectivity index (χ3n) is 2.69. The summed E-state index contributed by atoms with van der Waals surface area (Å²) in [6.07, 6.45) is -0.107. The molecule has 1 N–H and O–H groups in total. The van der Waals surface area contributed by atoms with E-state index in [4.69, 9.17) is 10.00 Å². The fraction of sp³-hybridized carbons (Fsp3) is 0.188. The average Bonchev–Trinajstić information content (AvgIpc) is 2.41. The maximum Gasteiger partial charge on any atom is 0.179 e. The zero-order valence-electron chi connectivity index (χ0n) is 10.9.